The molecule has 8 N–H and O–H groups in total. The molecule has 4 saturated carbocycles. The van der Waals surface area contributed by atoms with Gasteiger partial charge in [-0.25, -0.2) is 0 Å². The smallest absolute Gasteiger partial charge is 0.186 e. The van der Waals surface area contributed by atoms with Crippen molar-refractivity contribution >= 4 is 0 Å². The van der Waals surface area contributed by atoms with E-state index in [0.29, 0.717) is 44.1 Å². The Bertz CT molecular complexity index is 1030. The predicted molar refractivity (Wildman–Crippen MR) is 168 cm³/mol. The largest absolute Gasteiger partial charge is 0.393 e. The van der Waals surface area contributed by atoms with Gasteiger partial charge in [0.25, 0.3) is 0 Å². The summed E-state index contributed by atoms with van der Waals surface area (Å²) in [6, 6.07) is 0. The van der Waals surface area contributed by atoms with Crippen molar-refractivity contribution in [3.8, 4) is 0 Å². The Morgan fingerprint density at radius 2 is 1.46 bits per heavy atom. The van der Waals surface area contributed by atoms with Crippen LogP contribution in [-0.4, -0.2) is 122 Å². The molecule has 5 aliphatic rings. The van der Waals surface area contributed by atoms with Gasteiger partial charge in [0.2, 0.25) is 0 Å². The summed E-state index contributed by atoms with van der Waals surface area (Å²) in [6.45, 7) is 11.1. The molecule has 0 aromatic rings. The van der Waals surface area contributed by atoms with Crippen molar-refractivity contribution in [2.24, 2.45) is 52.3 Å². The lowest BCUT2D eigenvalue weighted by Gasteiger charge is -2.66. The van der Waals surface area contributed by atoms with Crippen LogP contribution < -0.4 is 0 Å². The summed E-state index contributed by atoms with van der Waals surface area (Å²) < 4.78 is 16.6. The van der Waals surface area contributed by atoms with E-state index in [2.05, 4.69) is 27.7 Å². The number of methoxy groups -OCH3 is 1. The van der Waals surface area contributed by atoms with E-state index in [9.17, 15) is 40.9 Å². The van der Waals surface area contributed by atoms with Crippen LogP contribution in [0.4, 0.5) is 0 Å². The van der Waals surface area contributed by atoms with Gasteiger partial charge < -0.3 is 55.1 Å². The third kappa shape index (κ3) is 6.01. The Hall–Kier alpha value is -0.440. The number of hydrogen-bond donors (Lipinski definition) is 8. The predicted octanol–water partition coefficient (Wildman–Crippen LogP) is 1.19. The molecule has 4 aliphatic carbocycles. The zero-order chi connectivity index (χ0) is 33.9. The number of hydrogen-bond acceptors (Lipinski definition) is 11. The first-order valence-electron chi connectivity index (χ1n) is 17.8. The maximum absolute atomic E-state index is 12.6. The van der Waals surface area contributed by atoms with Crippen molar-refractivity contribution < 1.29 is 55.1 Å². The summed E-state index contributed by atoms with van der Waals surface area (Å²) >= 11 is 0. The molecular formula is C35H62O11. The average Bonchev–Trinajstić information content (AvgIpc) is 3.19. The summed E-state index contributed by atoms with van der Waals surface area (Å²) in [5, 5.41) is 89.2. The minimum Gasteiger partial charge on any atom is -0.393 e. The highest BCUT2D eigenvalue weighted by atomic mass is 16.7. The molecule has 1 heterocycles. The molecule has 1 aliphatic heterocycles. The number of aliphatic hydroxyl groups is 8. The van der Waals surface area contributed by atoms with Crippen molar-refractivity contribution in [2.45, 2.75) is 147 Å². The summed E-state index contributed by atoms with van der Waals surface area (Å²) in [6.07, 6.45) is -4.18. The van der Waals surface area contributed by atoms with Gasteiger partial charge in [-0.05, 0) is 78.9 Å². The standard InChI is InChI=1S/C35H62O11/c1-17(2)19(11-14-45-32-30(42)27(39)22(44-6)16-46-32)8-7-18(3)24-28(40)29(41)31-34(24,5)13-10-23-33(4)12-9-20(36)26(38)25(33)21(37)15-35(23,31)43/h17-32,36-43H,7-16H2,1-6H3/t18?,19?,20-,21?,22+,23?,24?,25?,26-,27?,28+,29+,30?,31?,32+,33+,34+,35-/m0/s1. The SMILES string of the molecule is CO[C@@H]1CO[C@@H](OCCC(CCC(C)C2[C@@H](O)[C@@H](O)C3[C@]2(C)CCC2[C@@]4(C)CC[C@H](O)[C@H](O)C4C(O)C[C@]23O)C(C)C)C(O)C1O. The summed E-state index contributed by atoms with van der Waals surface area (Å²) in [7, 11) is 1.46. The normalized spacial score (nSPS) is 52.1. The second-order valence-corrected chi connectivity index (χ2v) is 16.6. The van der Waals surface area contributed by atoms with E-state index in [1.165, 1.54) is 7.11 Å². The molecule has 268 valence electrons. The van der Waals surface area contributed by atoms with E-state index in [1.807, 2.05) is 6.92 Å². The fourth-order valence-electron chi connectivity index (χ4n) is 11.6. The molecule has 11 heteroatoms. The van der Waals surface area contributed by atoms with Crippen LogP contribution in [-0.2, 0) is 14.2 Å². The van der Waals surface area contributed by atoms with Gasteiger partial charge in [-0.2, -0.15) is 0 Å². The Balaban J connectivity index is 1.25. The van der Waals surface area contributed by atoms with Gasteiger partial charge in [0, 0.05) is 25.4 Å². The lowest BCUT2D eigenvalue weighted by Crippen LogP contribution is -2.71. The third-order valence-corrected chi connectivity index (χ3v) is 14.0. The molecule has 0 aromatic carbocycles. The first kappa shape index (κ1) is 36.8. The number of rotatable bonds is 10. The van der Waals surface area contributed by atoms with Gasteiger partial charge in [-0.15, -0.1) is 0 Å². The van der Waals surface area contributed by atoms with E-state index in [-0.39, 0.29) is 30.8 Å². The highest BCUT2D eigenvalue weighted by molar-refractivity contribution is 5.22. The summed E-state index contributed by atoms with van der Waals surface area (Å²) in [5.74, 6) is -0.993. The van der Waals surface area contributed by atoms with Gasteiger partial charge in [0.1, 0.15) is 18.3 Å². The molecule has 11 nitrogen and oxygen atoms in total. The molecule has 5 rings (SSSR count). The van der Waals surface area contributed by atoms with Crippen molar-refractivity contribution in [3.05, 3.63) is 0 Å². The van der Waals surface area contributed by atoms with Crippen LogP contribution in [0, 0.1) is 52.3 Å². The van der Waals surface area contributed by atoms with Crippen LogP contribution in [0.3, 0.4) is 0 Å². The van der Waals surface area contributed by atoms with Crippen LogP contribution in [0.25, 0.3) is 0 Å². The zero-order valence-electron chi connectivity index (χ0n) is 28.6. The Kier molecular flexibility index (Phi) is 11.0. The maximum atomic E-state index is 12.6. The fraction of sp³-hybridized carbons (Fsp3) is 1.00. The summed E-state index contributed by atoms with van der Waals surface area (Å²) in [4.78, 5) is 0. The molecule has 1 saturated heterocycles. The van der Waals surface area contributed by atoms with Crippen molar-refractivity contribution in [1.82, 2.24) is 0 Å². The van der Waals surface area contributed by atoms with Crippen LogP contribution in [0.5, 0.6) is 0 Å². The molecule has 0 spiro atoms. The van der Waals surface area contributed by atoms with E-state index in [4.69, 9.17) is 14.2 Å². The second-order valence-electron chi connectivity index (χ2n) is 16.6. The third-order valence-electron chi connectivity index (χ3n) is 14.0. The van der Waals surface area contributed by atoms with Gasteiger partial charge >= 0.3 is 0 Å². The van der Waals surface area contributed by atoms with E-state index >= 15 is 0 Å². The van der Waals surface area contributed by atoms with Crippen LogP contribution in [0.15, 0.2) is 0 Å². The molecule has 0 aromatic heterocycles. The maximum Gasteiger partial charge on any atom is 0.186 e. The number of aliphatic hydroxyl groups excluding tert-OH is 7. The quantitative estimate of drug-likeness (QED) is 0.168. The minimum atomic E-state index is -1.41. The van der Waals surface area contributed by atoms with Crippen LogP contribution >= 0.6 is 0 Å². The molecule has 5 fully saturated rings. The minimum absolute atomic E-state index is 0.00478. The van der Waals surface area contributed by atoms with Crippen molar-refractivity contribution in [3.63, 3.8) is 0 Å². The molecule has 46 heavy (non-hydrogen) atoms. The molecule has 9 unspecified atom stereocenters. The monoisotopic (exact) mass is 658 g/mol. The molecule has 0 bridgehead atoms. The Morgan fingerprint density at radius 3 is 2.11 bits per heavy atom. The second kappa shape index (κ2) is 13.7. The first-order valence-corrected chi connectivity index (χ1v) is 17.8. The van der Waals surface area contributed by atoms with Crippen LogP contribution in [0.1, 0.15) is 86.0 Å². The van der Waals surface area contributed by atoms with Crippen molar-refractivity contribution in [1.29, 1.82) is 0 Å². The van der Waals surface area contributed by atoms with Crippen LogP contribution in [0.2, 0.25) is 0 Å². The number of ether oxygens (including phenoxy) is 3. The van der Waals surface area contributed by atoms with E-state index in [0.717, 1.165) is 19.3 Å². The zero-order valence-corrected chi connectivity index (χ0v) is 28.6. The summed E-state index contributed by atoms with van der Waals surface area (Å²) in [5.41, 5.74) is -2.56. The van der Waals surface area contributed by atoms with Gasteiger partial charge in [0.15, 0.2) is 6.29 Å². The average molecular weight is 659 g/mol. The van der Waals surface area contributed by atoms with E-state index in [1.54, 1.807) is 0 Å². The van der Waals surface area contributed by atoms with Gasteiger partial charge in [0.05, 0.1) is 49.3 Å². The first-order chi connectivity index (χ1) is 21.5. The fourth-order valence-corrected chi connectivity index (χ4v) is 11.6. The topological polar surface area (TPSA) is 190 Å². The molecule has 18 atom stereocenters. The number of fused-ring (bicyclic) bond motifs is 5. The van der Waals surface area contributed by atoms with Gasteiger partial charge in [-0.3, -0.25) is 0 Å². The van der Waals surface area contributed by atoms with Crippen molar-refractivity contribution in [2.75, 3.05) is 20.3 Å². The molecule has 0 radical (unpaired) electrons. The van der Waals surface area contributed by atoms with E-state index < -0.39 is 83.4 Å². The molecule has 0 amide bonds. The lowest BCUT2D eigenvalue weighted by atomic mass is 9.41. The highest BCUT2D eigenvalue weighted by Crippen LogP contribution is 2.69. The Morgan fingerprint density at radius 1 is 0.783 bits per heavy atom. The highest BCUT2D eigenvalue weighted by Gasteiger charge is 2.73. The van der Waals surface area contributed by atoms with Gasteiger partial charge in [-0.1, -0.05) is 41.0 Å². The lowest BCUT2D eigenvalue weighted by molar-refractivity contribution is -0.280. The Labute approximate surface area is 274 Å². The molecular weight excluding hydrogens is 596 g/mol.